The molecule has 1 radical (unpaired) electrons. The van der Waals surface area contributed by atoms with E-state index >= 15 is 0 Å². The van der Waals surface area contributed by atoms with E-state index in [-0.39, 0.29) is 5.91 Å². The van der Waals surface area contributed by atoms with Gasteiger partial charge in [-0.25, -0.2) is 4.79 Å². The third-order valence-electron chi connectivity index (χ3n) is 4.53. The summed E-state index contributed by atoms with van der Waals surface area (Å²) in [5.74, 6) is -0.117. The fourth-order valence-corrected chi connectivity index (χ4v) is 3.08. The number of likely N-dealkylation sites (tertiary alicyclic amines) is 1. The predicted molar refractivity (Wildman–Crippen MR) is 104 cm³/mol. The van der Waals surface area contributed by atoms with Gasteiger partial charge in [-0.3, -0.25) is 15.1 Å². The highest BCUT2D eigenvalue weighted by Gasteiger charge is 2.26. The minimum absolute atomic E-state index is 0.117. The summed E-state index contributed by atoms with van der Waals surface area (Å²) in [6.07, 6.45) is 7.52. The van der Waals surface area contributed by atoms with Crippen LogP contribution in [0.15, 0.2) is 36.5 Å². The second-order valence-corrected chi connectivity index (χ2v) is 6.51. The van der Waals surface area contributed by atoms with E-state index in [1.54, 1.807) is 0 Å². The summed E-state index contributed by atoms with van der Waals surface area (Å²) in [6.45, 7) is 3.80. The minimum Gasteiger partial charge on any atom is -0.449 e. The van der Waals surface area contributed by atoms with E-state index in [1.165, 1.54) is 6.20 Å². The summed E-state index contributed by atoms with van der Waals surface area (Å²) in [4.78, 5) is 31.2. The van der Waals surface area contributed by atoms with Crippen LogP contribution in [-0.4, -0.2) is 41.6 Å². The first kappa shape index (κ1) is 18.9. The lowest BCUT2D eigenvalue weighted by Crippen LogP contribution is -2.29. The largest absolute Gasteiger partial charge is 0.449 e. The molecule has 0 aliphatic carbocycles. The van der Waals surface area contributed by atoms with Gasteiger partial charge in [0.1, 0.15) is 0 Å². The van der Waals surface area contributed by atoms with Crippen molar-refractivity contribution in [3.05, 3.63) is 48.3 Å². The Kier molecular flexibility index (Phi) is 6.41. The molecule has 1 fully saturated rings. The van der Waals surface area contributed by atoms with E-state index in [9.17, 15) is 9.59 Å². The first-order chi connectivity index (χ1) is 13.2. The van der Waals surface area contributed by atoms with Crippen LogP contribution in [0.5, 0.6) is 0 Å². The topological polar surface area (TPSA) is 71.5 Å². The van der Waals surface area contributed by atoms with Gasteiger partial charge < -0.3 is 9.64 Å². The fourth-order valence-electron chi connectivity index (χ4n) is 3.08. The number of carbonyl (C=O) groups excluding carboxylic acids is 2. The number of hydrogen-bond acceptors (Lipinski definition) is 4. The minimum atomic E-state index is -0.578. The molecule has 0 unspecified atom stereocenters. The molecule has 141 valence electrons. The zero-order valence-corrected chi connectivity index (χ0v) is 15.5. The molecule has 0 atom stereocenters. The lowest BCUT2D eigenvalue weighted by molar-refractivity contribution is 0.0794. The quantitative estimate of drug-likeness (QED) is 0.780. The van der Waals surface area contributed by atoms with Crippen LogP contribution in [0.3, 0.4) is 0 Å². The van der Waals surface area contributed by atoms with Gasteiger partial charge >= 0.3 is 6.09 Å². The van der Waals surface area contributed by atoms with Gasteiger partial charge in [0, 0.05) is 18.7 Å². The molecule has 2 heterocycles. The molecule has 1 aromatic heterocycles. The summed E-state index contributed by atoms with van der Waals surface area (Å²) in [7, 11) is 0. The zero-order chi connectivity index (χ0) is 19.1. The van der Waals surface area contributed by atoms with E-state index in [0.717, 1.165) is 44.3 Å². The van der Waals surface area contributed by atoms with Gasteiger partial charge in [-0.2, -0.15) is 0 Å². The Morgan fingerprint density at radius 1 is 1.22 bits per heavy atom. The Bertz CT molecular complexity index is 787. The average Bonchev–Trinajstić information content (AvgIpc) is 3.23. The van der Waals surface area contributed by atoms with Gasteiger partial charge in [0.05, 0.1) is 30.3 Å². The summed E-state index contributed by atoms with van der Waals surface area (Å²) < 4.78 is 5.18. The average molecular weight is 366 g/mol. The Balaban J connectivity index is 1.94. The summed E-state index contributed by atoms with van der Waals surface area (Å²) in [5, 5.41) is 2.69. The van der Waals surface area contributed by atoms with E-state index in [4.69, 9.17) is 4.74 Å². The van der Waals surface area contributed by atoms with Gasteiger partial charge in [-0.05, 0) is 24.8 Å². The third kappa shape index (κ3) is 4.64. The number of unbranched alkanes of at least 4 members (excludes halogenated alkanes) is 1. The van der Waals surface area contributed by atoms with Crippen molar-refractivity contribution in [2.45, 2.75) is 32.6 Å². The molecule has 6 nitrogen and oxygen atoms in total. The predicted octanol–water partition coefficient (Wildman–Crippen LogP) is 4.13. The van der Waals surface area contributed by atoms with Crippen LogP contribution in [-0.2, 0) is 4.74 Å². The number of pyridine rings is 1. The highest BCUT2D eigenvalue weighted by Crippen LogP contribution is 2.30. The van der Waals surface area contributed by atoms with E-state index in [1.807, 2.05) is 42.2 Å². The van der Waals surface area contributed by atoms with Gasteiger partial charge in [-0.15, -0.1) is 0 Å². The molecule has 1 aliphatic heterocycles. The van der Waals surface area contributed by atoms with Crippen molar-refractivity contribution < 1.29 is 14.3 Å². The van der Waals surface area contributed by atoms with Crippen LogP contribution in [0.1, 0.15) is 43.0 Å². The standard InChI is InChI=1S/C21H24N3O3/c1-2-3-13-27-21(26)23-18-15-22-14-17(16-9-5-4-6-10-16)19(18)20(25)24-11-7-8-12-24/h4-6,9-10,15H,2-3,7-8,11-13H2,1H3,(H,23,26). The van der Waals surface area contributed by atoms with Crippen LogP contribution in [0.4, 0.5) is 10.5 Å². The number of rotatable bonds is 6. The molecule has 0 bridgehead atoms. The molecular formula is C21H24N3O3. The van der Waals surface area contributed by atoms with Gasteiger partial charge in [0.15, 0.2) is 0 Å². The number of nitrogens with zero attached hydrogens (tertiary/aromatic N) is 2. The molecule has 2 aromatic rings. The summed E-state index contributed by atoms with van der Waals surface area (Å²) in [5.41, 5.74) is 2.17. The molecule has 1 saturated heterocycles. The molecule has 3 rings (SSSR count). The van der Waals surface area contributed by atoms with Crippen LogP contribution in [0.2, 0.25) is 0 Å². The van der Waals surface area contributed by atoms with E-state index < -0.39 is 6.09 Å². The number of carbonyl (C=O) groups is 2. The molecular weight excluding hydrogens is 342 g/mol. The van der Waals surface area contributed by atoms with Crippen molar-refractivity contribution in [3.63, 3.8) is 0 Å². The summed E-state index contributed by atoms with van der Waals surface area (Å²) >= 11 is 0. The molecule has 0 saturated carbocycles. The van der Waals surface area contributed by atoms with Crippen molar-refractivity contribution in [3.8, 4) is 11.1 Å². The van der Waals surface area contributed by atoms with Crippen molar-refractivity contribution in [2.75, 3.05) is 25.0 Å². The molecule has 6 heteroatoms. The summed E-state index contributed by atoms with van der Waals surface area (Å²) in [6, 6.07) is 9.50. The molecule has 0 spiro atoms. The number of amides is 2. The maximum atomic E-state index is 13.2. The Morgan fingerprint density at radius 2 is 1.96 bits per heavy atom. The lowest BCUT2D eigenvalue weighted by atomic mass is 9.99. The van der Waals surface area contributed by atoms with E-state index in [2.05, 4.69) is 16.5 Å². The Hall–Kier alpha value is -2.89. The molecule has 1 N–H and O–H groups in total. The normalized spacial score (nSPS) is 13.4. The molecule has 2 amide bonds. The zero-order valence-electron chi connectivity index (χ0n) is 15.5. The Labute approximate surface area is 159 Å². The highest BCUT2D eigenvalue weighted by atomic mass is 16.5. The second kappa shape index (κ2) is 9.16. The van der Waals surface area contributed by atoms with Gasteiger partial charge in [0.25, 0.3) is 5.91 Å². The monoisotopic (exact) mass is 366 g/mol. The SMILES string of the molecule is CCCCOC(=O)Nc1cn[c]c(-c2ccccc2)c1C(=O)N1CCCC1. The van der Waals surface area contributed by atoms with Crippen LogP contribution in [0, 0.1) is 6.20 Å². The molecule has 1 aromatic carbocycles. The Morgan fingerprint density at radius 3 is 2.67 bits per heavy atom. The number of anilines is 1. The van der Waals surface area contributed by atoms with E-state index in [0.29, 0.717) is 23.4 Å². The first-order valence-electron chi connectivity index (χ1n) is 9.40. The van der Waals surface area contributed by atoms with Gasteiger partial charge in [0.2, 0.25) is 0 Å². The number of nitrogens with one attached hydrogen (secondary N) is 1. The van der Waals surface area contributed by atoms with Crippen molar-refractivity contribution >= 4 is 17.7 Å². The highest BCUT2D eigenvalue weighted by molar-refractivity contribution is 6.07. The van der Waals surface area contributed by atoms with Crippen LogP contribution < -0.4 is 5.32 Å². The smallest absolute Gasteiger partial charge is 0.411 e. The molecule has 1 aliphatic rings. The maximum absolute atomic E-state index is 13.2. The van der Waals surface area contributed by atoms with Crippen molar-refractivity contribution in [1.82, 2.24) is 9.88 Å². The van der Waals surface area contributed by atoms with Crippen LogP contribution >= 0.6 is 0 Å². The third-order valence-corrected chi connectivity index (χ3v) is 4.53. The van der Waals surface area contributed by atoms with Crippen LogP contribution in [0.25, 0.3) is 11.1 Å². The number of ether oxygens (including phenoxy) is 1. The van der Waals surface area contributed by atoms with Gasteiger partial charge in [-0.1, -0.05) is 43.7 Å². The first-order valence-corrected chi connectivity index (χ1v) is 9.40. The lowest BCUT2D eigenvalue weighted by Gasteiger charge is -2.20. The maximum Gasteiger partial charge on any atom is 0.411 e. The number of aromatic nitrogens is 1. The fraction of sp³-hybridized carbons (Fsp3) is 0.381. The van der Waals surface area contributed by atoms with Crippen molar-refractivity contribution in [1.29, 1.82) is 0 Å². The second-order valence-electron chi connectivity index (χ2n) is 6.51. The van der Waals surface area contributed by atoms with Crippen molar-refractivity contribution in [2.24, 2.45) is 0 Å². The number of benzene rings is 1. The molecule has 27 heavy (non-hydrogen) atoms. The number of hydrogen-bond donors (Lipinski definition) is 1.